The van der Waals surface area contributed by atoms with Crippen LogP contribution in [0, 0.1) is 0 Å². The van der Waals surface area contributed by atoms with E-state index in [0.717, 1.165) is 32.7 Å². The normalized spacial score (nSPS) is 16.3. The summed E-state index contributed by atoms with van der Waals surface area (Å²) in [5.74, 6) is -0.178. The van der Waals surface area contributed by atoms with Crippen molar-refractivity contribution in [2.24, 2.45) is 0 Å². The Morgan fingerprint density at radius 2 is 2.05 bits per heavy atom. The quantitative estimate of drug-likeness (QED) is 0.888. The highest BCUT2D eigenvalue weighted by atomic mass is 35.5. The van der Waals surface area contributed by atoms with Crippen LogP contribution in [0.2, 0.25) is 10.0 Å². The Morgan fingerprint density at radius 3 is 2.79 bits per heavy atom. The van der Waals surface area contributed by atoms with Gasteiger partial charge in [0.15, 0.2) is 0 Å². The van der Waals surface area contributed by atoms with E-state index < -0.39 is 0 Å². The molecule has 0 unspecified atom stereocenters. The average molecular weight is 302 g/mol. The van der Waals surface area contributed by atoms with Gasteiger partial charge < -0.3 is 10.6 Å². The Balaban J connectivity index is 1.82. The number of carbonyl (C=O) groups is 1. The van der Waals surface area contributed by atoms with Crippen molar-refractivity contribution in [3.05, 3.63) is 33.8 Å². The first-order valence-electron chi connectivity index (χ1n) is 6.33. The first kappa shape index (κ1) is 14.6. The molecule has 104 valence electrons. The number of hydrogen-bond acceptors (Lipinski definition) is 3. The van der Waals surface area contributed by atoms with Gasteiger partial charge in [0, 0.05) is 44.3 Å². The molecule has 0 aliphatic carbocycles. The van der Waals surface area contributed by atoms with Crippen LogP contribution in [0.1, 0.15) is 10.4 Å². The molecular formula is C13H17Cl2N3O. The number of halogens is 2. The Morgan fingerprint density at radius 1 is 1.32 bits per heavy atom. The molecule has 6 heteroatoms. The van der Waals surface area contributed by atoms with Crippen molar-refractivity contribution in [2.45, 2.75) is 0 Å². The summed E-state index contributed by atoms with van der Waals surface area (Å²) in [7, 11) is 0. The van der Waals surface area contributed by atoms with Gasteiger partial charge >= 0.3 is 0 Å². The van der Waals surface area contributed by atoms with Crippen molar-refractivity contribution >= 4 is 29.1 Å². The SMILES string of the molecule is O=C(NCCN1CCNCC1)c1cc(Cl)ccc1Cl. The highest BCUT2D eigenvalue weighted by Crippen LogP contribution is 2.20. The lowest BCUT2D eigenvalue weighted by Crippen LogP contribution is -2.46. The molecule has 1 aliphatic heterocycles. The number of carbonyl (C=O) groups excluding carboxylic acids is 1. The van der Waals surface area contributed by atoms with E-state index in [1.165, 1.54) is 0 Å². The molecule has 0 radical (unpaired) electrons. The van der Waals surface area contributed by atoms with E-state index in [9.17, 15) is 4.79 Å². The van der Waals surface area contributed by atoms with Crippen molar-refractivity contribution in [3.63, 3.8) is 0 Å². The van der Waals surface area contributed by atoms with Gasteiger partial charge in [-0.15, -0.1) is 0 Å². The predicted molar refractivity (Wildman–Crippen MR) is 78.1 cm³/mol. The van der Waals surface area contributed by atoms with Crippen LogP contribution in [-0.4, -0.2) is 50.1 Å². The number of nitrogens with one attached hydrogen (secondary N) is 2. The van der Waals surface area contributed by atoms with Gasteiger partial charge in [0.25, 0.3) is 5.91 Å². The van der Waals surface area contributed by atoms with Crippen molar-refractivity contribution < 1.29 is 4.79 Å². The summed E-state index contributed by atoms with van der Waals surface area (Å²) in [4.78, 5) is 14.3. The highest BCUT2D eigenvalue weighted by Gasteiger charge is 2.12. The van der Waals surface area contributed by atoms with Gasteiger partial charge in [0.05, 0.1) is 10.6 Å². The zero-order valence-corrected chi connectivity index (χ0v) is 12.1. The standard InChI is InChI=1S/C13H17Cl2N3O/c14-10-1-2-12(15)11(9-10)13(19)17-5-8-18-6-3-16-4-7-18/h1-2,9,16H,3-8H2,(H,17,19). The van der Waals surface area contributed by atoms with Gasteiger partial charge in [-0.3, -0.25) is 9.69 Å². The third-order valence-electron chi connectivity index (χ3n) is 3.10. The highest BCUT2D eigenvalue weighted by molar-refractivity contribution is 6.35. The molecule has 2 rings (SSSR count). The first-order chi connectivity index (χ1) is 9.16. The molecular weight excluding hydrogens is 285 g/mol. The van der Waals surface area contributed by atoms with E-state index in [1.54, 1.807) is 18.2 Å². The number of rotatable bonds is 4. The van der Waals surface area contributed by atoms with Crippen molar-refractivity contribution in [3.8, 4) is 0 Å². The number of nitrogens with zero attached hydrogens (tertiary/aromatic N) is 1. The molecule has 2 N–H and O–H groups in total. The van der Waals surface area contributed by atoms with Crippen LogP contribution >= 0.6 is 23.2 Å². The Bertz CT molecular complexity index is 448. The molecule has 0 spiro atoms. The lowest BCUT2D eigenvalue weighted by Gasteiger charge is -2.27. The van der Waals surface area contributed by atoms with Crippen LogP contribution in [0.4, 0.5) is 0 Å². The lowest BCUT2D eigenvalue weighted by molar-refractivity contribution is 0.0947. The molecule has 19 heavy (non-hydrogen) atoms. The summed E-state index contributed by atoms with van der Waals surface area (Å²) in [5, 5.41) is 7.09. The summed E-state index contributed by atoms with van der Waals surface area (Å²) >= 11 is 11.8. The van der Waals surface area contributed by atoms with E-state index in [1.807, 2.05) is 0 Å². The zero-order chi connectivity index (χ0) is 13.7. The molecule has 1 aromatic rings. The van der Waals surface area contributed by atoms with Gasteiger partial charge in [-0.1, -0.05) is 23.2 Å². The second-order valence-corrected chi connectivity index (χ2v) is 5.32. The van der Waals surface area contributed by atoms with Crippen LogP contribution < -0.4 is 10.6 Å². The minimum absolute atomic E-state index is 0.178. The van der Waals surface area contributed by atoms with Crippen molar-refractivity contribution in [2.75, 3.05) is 39.3 Å². The molecule has 0 bridgehead atoms. The second kappa shape index (κ2) is 7.10. The molecule has 1 fully saturated rings. The third kappa shape index (κ3) is 4.35. The van der Waals surface area contributed by atoms with Crippen LogP contribution in [0.5, 0.6) is 0 Å². The van der Waals surface area contributed by atoms with Crippen molar-refractivity contribution in [1.82, 2.24) is 15.5 Å². The van der Waals surface area contributed by atoms with Gasteiger partial charge in [-0.2, -0.15) is 0 Å². The summed E-state index contributed by atoms with van der Waals surface area (Å²) in [6.45, 7) is 5.52. The topological polar surface area (TPSA) is 44.4 Å². The lowest BCUT2D eigenvalue weighted by atomic mass is 10.2. The van der Waals surface area contributed by atoms with E-state index in [4.69, 9.17) is 23.2 Å². The van der Waals surface area contributed by atoms with Crippen LogP contribution in [-0.2, 0) is 0 Å². The number of piperazine rings is 1. The summed E-state index contributed by atoms with van der Waals surface area (Å²) in [5.41, 5.74) is 0.425. The molecule has 1 aliphatic rings. The fourth-order valence-corrected chi connectivity index (χ4v) is 2.40. The van der Waals surface area contributed by atoms with Gasteiger partial charge in [0.2, 0.25) is 0 Å². The zero-order valence-electron chi connectivity index (χ0n) is 10.6. The third-order valence-corrected chi connectivity index (χ3v) is 3.66. The number of hydrogen-bond donors (Lipinski definition) is 2. The minimum atomic E-state index is -0.178. The van der Waals surface area contributed by atoms with Gasteiger partial charge in [-0.25, -0.2) is 0 Å². The van der Waals surface area contributed by atoms with Crippen LogP contribution in [0.15, 0.2) is 18.2 Å². The fourth-order valence-electron chi connectivity index (χ4n) is 2.03. The average Bonchev–Trinajstić information content (AvgIpc) is 2.42. The van der Waals surface area contributed by atoms with E-state index in [2.05, 4.69) is 15.5 Å². The molecule has 1 aromatic carbocycles. The Kier molecular flexibility index (Phi) is 5.45. The monoisotopic (exact) mass is 301 g/mol. The largest absolute Gasteiger partial charge is 0.351 e. The second-order valence-electron chi connectivity index (χ2n) is 4.47. The van der Waals surface area contributed by atoms with E-state index >= 15 is 0 Å². The number of amides is 1. The summed E-state index contributed by atoms with van der Waals surface area (Å²) < 4.78 is 0. The van der Waals surface area contributed by atoms with Crippen LogP contribution in [0.25, 0.3) is 0 Å². The molecule has 1 saturated heterocycles. The molecule has 1 amide bonds. The maximum Gasteiger partial charge on any atom is 0.252 e. The van der Waals surface area contributed by atoms with E-state index in [0.29, 0.717) is 22.2 Å². The van der Waals surface area contributed by atoms with E-state index in [-0.39, 0.29) is 5.91 Å². The minimum Gasteiger partial charge on any atom is -0.351 e. The maximum absolute atomic E-state index is 12.0. The fraction of sp³-hybridized carbons (Fsp3) is 0.462. The maximum atomic E-state index is 12.0. The first-order valence-corrected chi connectivity index (χ1v) is 7.09. The molecule has 0 atom stereocenters. The summed E-state index contributed by atoms with van der Waals surface area (Å²) in [6.07, 6.45) is 0. The van der Waals surface area contributed by atoms with Gasteiger partial charge in [0.1, 0.15) is 0 Å². The van der Waals surface area contributed by atoms with Gasteiger partial charge in [-0.05, 0) is 18.2 Å². The molecule has 0 saturated carbocycles. The van der Waals surface area contributed by atoms with Crippen LogP contribution in [0.3, 0.4) is 0 Å². The predicted octanol–water partition coefficient (Wildman–Crippen LogP) is 1.63. The molecule has 4 nitrogen and oxygen atoms in total. The smallest absolute Gasteiger partial charge is 0.252 e. The van der Waals surface area contributed by atoms with Crippen molar-refractivity contribution in [1.29, 1.82) is 0 Å². The number of benzene rings is 1. The molecule has 1 heterocycles. The Labute approximate surface area is 123 Å². The summed E-state index contributed by atoms with van der Waals surface area (Å²) in [6, 6.07) is 4.89. The Hall–Kier alpha value is -0.810. The molecule has 0 aromatic heterocycles.